The Balaban J connectivity index is 1.74. The molecule has 1 aromatic carbocycles. The zero-order valence-corrected chi connectivity index (χ0v) is 16.9. The van der Waals surface area contributed by atoms with E-state index in [-0.39, 0.29) is 11.8 Å². The van der Waals surface area contributed by atoms with Crippen molar-refractivity contribution in [2.45, 2.75) is 19.8 Å². The highest BCUT2D eigenvalue weighted by Crippen LogP contribution is 2.27. The molecular formula is C21H19BrN4O2. The first-order valence-electron chi connectivity index (χ1n) is 9.15. The maximum Gasteiger partial charge on any atom is 0.326 e. The lowest BCUT2D eigenvalue weighted by Gasteiger charge is -2.07. The maximum atomic E-state index is 13.3. The molecule has 2 N–H and O–H groups in total. The number of unbranched alkanes of at least 4 members (excludes halogenated alkanes) is 1. The number of amides is 1. The lowest BCUT2D eigenvalue weighted by Crippen LogP contribution is -2.28. The Kier molecular flexibility index (Phi) is 5.00. The van der Waals surface area contributed by atoms with E-state index in [1.165, 1.54) is 0 Å². The Bertz CT molecular complexity index is 1190. The third-order valence-electron chi connectivity index (χ3n) is 4.75. The van der Waals surface area contributed by atoms with Gasteiger partial charge in [-0.2, -0.15) is 0 Å². The molecule has 0 saturated carbocycles. The number of nitrogens with one attached hydrogen (secondary N) is 2. The van der Waals surface area contributed by atoms with Crippen LogP contribution in [-0.2, 0) is 0 Å². The highest BCUT2D eigenvalue weighted by atomic mass is 79.9. The minimum Gasteiger partial charge on any atom is -0.345 e. The second-order valence-electron chi connectivity index (χ2n) is 6.59. The minimum atomic E-state index is -0.187. The molecule has 6 nitrogen and oxygen atoms in total. The van der Waals surface area contributed by atoms with Gasteiger partial charge in [-0.15, -0.1) is 0 Å². The van der Waals surface area contributed by atoms with Crippen LogP contribution in [0.2, 0.25) is 0 Å². The number of hydrogen-bond acceptors (Lipinski definition) is 3. The molecule has 0 aliphatic carbocycles. The van der Waals surface area contributed by atoms with Crippen molar-refractivity contribution < 1.29 is 9.59 Å². The Labute approximate surface area is 170 Å². The normalized spacial score (nSPS) is 11.2. The summed E-state index contributed by atoms with van der Waals surface area (Å²) in [5.74, 6) is -0.110. The minimum absolute atomic E-state index is 0.110. The molecular weight excluding hydrogens is 420 g/mol. The number of benzene rings is 1. The number of ketones is 1. The smallest absolute Gasteiger partial charge is 0.326 e. The van der Waals surface area contributed by atoms with Gasteiger partial charge in [-0.3, -0.25) is 9.36 Å². The van der Waals surface area contributed by atoms with Gasteiger partial charge < -0.3 is 10.3 Å². The summed E-state index contributed by atoms with van der Waals surface area (Å²) >= 11 is 3.41. The molecule has 3 heterocycles. The lowest BCUT2D eigenvalue weighted by molar-refractivity contribution is 0.104. The Morgan fingerprint density at radius 3 is 2.89 bits per heavy atom. The van der Waals surface area contributed by atoms with Gasteiger partial charge in [0.1, 0.15) is 5.65 Å². The molecule has 0 bridgehead atoms. The number of carbonyl (C=O) groups is 2. The summed E-state index contributed by atoms with van der Waals surface area (Å²) < 4.78 is 2.36. The predicted octanol–water partition coefficient (Wildman–Crippen LogP) is 4.87. The summed E-state index contributed by atoms with van der Waals surface area (Å²) in [5, 5.41) is 4.41. The van der Waals surface area contributed by atoms with Crippen LogP contribution in [0.25, 0.3) is 21.9 Å². The summed E-state index contributed by atoms with van der Waals surface area (Å²) in [6, 6.07) is 8.93. The number of aromatic nitrogens is 3. The van der Waals surface area contributed by atoms with Crippen molar-refractivity contribution in [2.24, 2.45) is 0 Å². The van der Waals surface area contributed by atoms with Crippen molar-refractivity contribution in [3.05, 3.63) is 64.5 Å². The second-order valence-corrected chi connectivity index (χ2v) is 7.51. The number of H-pyrrole nitrogens is 1. The molecule has 7 heteroatoms. The predicted molar refractivity (Wildman–Crippen MR) is 113 cm³/mol. The maximum absolute atomic E-state index is 13.3. The summed E-state index contributed by atoms with van der Waals surface area (Å²) in [6.07, 6.45) is 7.01. The van der Waals surface area contributed by atoms with Crippen molar-refractivity contribution >= 4 is 49.7 Å². The zero-order chi connectivity index (χ0) is 19.7. The number of pyridine rings is 1. The fraction of sp³-hybridized carbons (Fsp3) is 0.190. The van der Waals surface area contributed by atoms with Crippen LogP contribution >= 0.6 is 15.9 Å². The number of fused-ring (bicyclic) bond motifs is 2. The van der Waals surface area contributed by atoms with E-state index in [4.69, 9.17) is 0 Å². The van der Waals surface area contributed by atoms with Gasteiger partial charge in [0.15, 0.2) is 5.78 Å². The van der Waals surface area contributed by atoms with Crippen LogP contribution in [0.3, 0.4) is 0 Å². The van der Waals surface area contributed by atoms with Crippen LogP contribution in [0.4, 0.5) is 4.79 Å². The molecule has 0 atom stereocenters. The summed E-state index contributed by atoms with van der Waals surface area (Å²) in [4.78, 5) is 33.1. The Morgan fingerprint density at radius 1 is 1.21 bits per heavy atom. The Hall–Kier alpha value is -2.93. The van der Waals surface area contributed by atoms with E-state index in [0.717, 1.165) is 28.1 Å². The fourth-order valence-corrected chi connectivity index (χ4v) is 3.64. The van der Waals surface area contributed by atoms with Crippen molar-refractivity contribution in [1.82, 2.24) is 19.9 Å². The van der Waals surface area contributed by atoms with E-state index in [1.54, 1.807) is 35.3 Å². The molecule has 0 fully saturated rings. The SMILES string of the molecule is CCCCNC(=O)n1ccc2c(C(=O)c3c[nH]c4ncc(Br)cc34)cccc21. The number of aromatic amines is 1. The van der Waals surface area contributed by atoms with Gasteiger partial charge in [0.05, 0.1) is 5.52 Å². The average Bonchev–Trinajstić information content (AvgIpc) is 3.31. The third kappa shape index (κ3) is 3.22. The van der Waals surface area contributed by atoms with Gasteiger partial charge in [-0.05, 0) is 40.5 Å². The van der Waals surface area contributed by atoms with Crippen LogP contribution < -0.4 is 5.32 Å². The molecule has 28 heavy (non-hydrogen) atoms. The number of rotatable bonds is 5. The highest BCUT2D eigenvalue weighted by molar-refractivity contribution is 9.10. The molecule has 1 amide bonds. The van der Waals surface area contributed by atoms with Crippen LogP contribution in [0.5, 0.6) is 0 Å². The molecule has 0 saturated heterocycles. The molecule has 3 aromatic heterocycles. The number of halogens is 1. The van der Waals surface area contributed by atoms with E-state index >= 15 is 0 Å². The number of carbonyl (C=O) groups excluding carboxylic acids is 2. The quantitative estimate of drug-likeness (QED) is 0.344. The largest absolute Gasteiger partial charge is 0.345 e. The molecule has 0 radical (unpaired) electrons. The first-order valence-corrected chi connectivity index (χ1v) is 9.95. The number of nitrogens with zero attached hydrogens (tertiary/aromatic N) is 2. The van der Waals surface area contributed by atoms with Crippen LogP contribution in [-0.4, -0.2) is 32.9 Å². The van der Waals surface area contributed by atoms with Crippen molar-refractivity contribution in [3.8, 4) is 0 Å². The molecule has 0 spiro atoms. The number of hydrogen-bond donors (Lipinski definition) is 2. The first kappa shape index (κ1) is 18.4. The van der Waals surface area contributed by atoms with Crippen molar-refractivity contribution in [2.75, 3.05) is 6.54 Å². The summed E-state index contributed by atoms with van der Waals surface area (Å²) in [6.45, 7) is 2.71. The summed E-state index contributed by atoms with van der Waals surface area (Å²) in [7, 11) is 0. The fourth-order valence-electron chi connectivity index (χ4n) is 3.31. The third-order valence-corrected chi connectivity index (χ3v) is 5.18. The molecule has 142 valence electrons. The van der Waals surface area contributed by atoms with E-state index in [1.807, 2.05) is 18.2 Å². The van der Waals surface area contributed by atoms with Gasteiger partial charge in [0.25, 0.3) is 0 Å². The van der Waals surface area contributed by atoms with Gasteiger partial charge in [0, 0.05) is 51.5 Å². The molecule has 4 rings (SSSR count). The molecule has 0 unspecified atom stereocenters. The first-order chi connectivity index (χ1) is 13.6. The monoisotopic (exact) mass is 438 g/mol. The molecule has 0 aliphatic heterocycles. The van der Waals surface area contributed by atoms with Gasteiger partial charge >= 0.3 is 6.03 Å². The molecule has 4 aromatic rings. The van der Waals surface area contributed by atoms with Crippen LogP contribution in [0.1, 0.15) is 35.7 Å². The second kappa shape index (κ2) is 7.59. The topological polar surface area (TPSA) is 79.8 Å². The van der Waals surface area contributed by atoms with E-state index < -0.39 is 0 Å². The van der Waals surface area contributed by atoms with E-state index in [0.29, 0.717) is 28.8 Å². The lowest BCUT2D eigenvalue weighted by atomic mass is 10.0. The van der Waals surface area contributed by atoms with E-state index in [2.05, 4.69) is 38.1 Å². The average molecular weight is 439 g/mol. The van der Waals surface area contributed by atoms with Crippen molar-refractivity contribution in [1.29, 1.82) is 0 Å². The van der Waals surface area contributed by atoms with Crippen molar-refractivity contribution in [3.63, 3.8) is 0 Å². The Morgan fingerprint density at radius 2 is 2.07 bits per heavy atom. The molecule has 0 aliphatic rings. The highest BCUT2D eigenvalue weighted by Gasteiger charge is 2.19. The zero-order valence-electron chi connectivity index (χ0n) is 15.3. The van der Waals surface area contributed by atoms with Gasteiger partial charge in [0.2, 0.25) is 0 Å². The van der Waals surface area contributed by atoms with Crippen LogP contribution in [0, 0.1) is 0 Å². The van der Waals surface area contributed by atoms with Crippen LogP contribution in [0.15, 0.2) is 53.4 Å². The summed E-state index contributed by atoms with van der Waals surface area (Å²) in [5.41, 5.74) is 2.47. The van der Waals surface area contributed by atoms with Gasteiger partial charge in [-0.1, -0.05) is 25.5 Å². The van der Waals surface area contributed by atoms with E-state index in [9.17, 15) is 9.59 Å². The van der Waals surface area contributed by atoms with Gasteiger partial charge in [-0.25, -0.2) is 9.78 Å². The standard InChI is InChI=1S/C21H19BrN4O2/c1-2-3-8-23-21(28)26-9-7-14-15(5-4-6-18(14)26)19(27)17-12-25-20-16(17)10-13(22)11-24-20/h4-7,9-12H,2-3,8H2,1H3,(H,23,28)(H,24,25).